The molecule has 0 bridgehead atoms. The molecule has 2 aromatic carbocycles. The van der Waals surface area contributed by atoms with E-state index in [1.807, 2.05) is 4.79 Å². The van der Waals surface area contributed by atoms with Crippen LogP contribution >= 0.6 is 0 Å². The van der Waals surface area contributed by atoms with E-state index >= 15 is 0 Å². The molecule has 1 aliphatic rings. The Kier molecular flexibility index (Phi) is 4.05. The van der Waals surface area contributed by atoms with Crippen molar-refractivity contribution in [3.05, 3.63) is 41.4 Å². The molecule has 0 atom stereocenters. The van der Waals surface area contributed by atoms with Crippen molar-refractivity contribution in [3.8, 4) is 0 Å². The van der Waals surface area contributed by atoms with Gasteiger partial charge in [-0.3, -0.25) is 0 Å². The fourth-order valence-electron chi connectivity index (χ4n) is 1.84. The zero-order chi connectivity index (χ0) is 17.6. The summed E-state index contributed by atoms with van der Waals surface area (Å²) in [6.45, 7) is 0. The molecule has 0 aliphatic carbocycles. The summed E-state index contributed by atoms with van der Waals surface area (Å²) < 4.78 is 80.6. The van der Waals surface area contributed by atoms with Crippen LogP contribution in [0, 0.1) is 11.6 Å². The zero-order valence-electron chi connectivity index (χ0n) is 11.3. The van der Waals surface area contributed by atoms with Gasteiger partial charge in [-0.2, -0.15) is 0 Å². The summed E-state index contributed by atoms with van der Waals surface area (Å²) in [5.41, 5.74) is 7.50. The molecule has 0 saturated carbocycles. The lowest BCUT2D eigenvalue weighted by atomic mass is 10.1. The second-order valence-corrected chi connectivity index (χ2v) is 8.16. The molecular formula is C12H7F3N2O4S2. The number of sulfone groups is 2. The number of hydrogen-bond donors (Lipinski definition) is 0. The van der Waals surface area contributed by atoms with Crippen molar-refractivity contribution < 1.29 is 34.8 Å². The van der Waals surface area contributed by atoms with Crippen LogP contribution in [0.15, 0.2) is 34.1 Å². The second-order valence-electron chi connectivity index (χ2n) is 4.46. The van der Waals surface area contributed by atoms with E-state index in [4.69, 9.17) is 5.53 Å². The number of rotatable bonds is 0. The Balaban J connectivity index is 0.000000207. The molecule has 0 fully saturated rings. The molecule has 0 spiro atoms. The molecule has 0 aromatic heterocycles. The highest BCUT2D eigenvalue weighted by molar-refractivity contribution is 8.05. The molecule has 0 unspecified atom stereocenters. The molecule has 0 saturated heterocycles. The quantitative estimate of drug-likeness (QED) is 0.200. The van der Waals surface area contributed by atoms with Gasteiger partial charge in [0.1, 0.15) is 9.79 Å². The Morgan fingerprint density at radius 1 is 1.09 bits per heavy atom. The monoisotopic (exact) mass is 364 g/mol. The highest BCUT2D eigenvalue weighted by Crippen LogP contribution is 2.48. The summed E-state index contributed by atoms with van der Waals surface area (Å²) in [6, 6.07) is 5.96. The van der Waals surface area contributed by atoms with E-state index in [9.17, 15) is 30.0 Å². The number of nitrogens with zero attached hydrogens (tertiary/aromatic N) is 2. The fraction of sp³-hybridized carbons (Fsp3) is 0.0833. The van der Waals surface area contributed by atoms with Crippen LogP contribution in [0.2, 0.25) is 0 Å². The van der Waals surface area contributed by atoms with Gasteiger partial charge in [-0.1, -0.05) is 24.3 Å². The summed E-state index contributed by atoms with van der Waals surface area (Å²) in [6.07, 6.45) is 0.599. The van der Waals surface area contributed by atoms with Gasteiger partial charge in [-0.25, -0.2) is 25.6 Å². The maximum Gasteiger partial charge on any atom is 0.561 e. The third-order valence-corrected chi connectivity index (χ3v) is 5.26. The molecule has 0 amide bonds. The lowest BCUT2D eigenvalue weighted by Crippen LogP contribution is -2.06. The molecule has 0 N–H and O–H groups in total. The molecule has 2 aromatic rings. The van der Waals surface area contributed by atoms with Crippen LogP contribution in [0.4, 0.5) is 13.2 Å². The van der Waals surface area contributed by atoms with Crippen molar-refractivity contribution in [1.29, 1.82) is 0 Å². The maximum atomic E-state index is 13.4. The minimum Gasteiger partial charge on any atom is -0.357 e. The van der Waals surface area contributed by atoms with E-state index in [1.54, 1.807) is 6.07 Å². The first-order valence-corrected chi connectivity index (χ1v) is 9.13. The van der Waals surface area contributed by atoms with Gasteiger partial charge in [0.05, 0.1) is 6.26 Å². The average molecular weight is 364 g/mol. The summed E-state index contributed by atoms with van der Waals surface area (Å²) in [5, 5.41) is -1.50. The standard InChI is InChI=1S/C10H4F2O2S.C2H3FN2O2S/c11-7-5-3-1-2-4-6(5)9-10(8(7)12)15(9,13)14;1-8(6,7)2(3)5-4/h1-4H;1H3. The number of benzene rings is 2. The Labute approximate surface area is 128 Å². The molecule has 122 valence electrons. The number of hydrogen-bond acceptors (Lipinski definition) is 4. The van der Waals surface area contributed by atoms with Crippen molar-refractivity contribution >= 4 is 35.7 Å². The van der Waals surface area contributed by atoms with Gasteiger partial charge >= 0.3 is 5.30 Å². The van der Waals surface area contributed by atoms with E-state index in [1.165, 1.54) is 18.2 Å². The predicted molar refractivity (Wildman–Crippen MR) is 73.9 cm³/mol. The van der Waals surface area contributed by atoms with E-state index in [-0.39, 0.29) is 15.7 Å². The number of halogens is 3. The lowest BCUT2D eigenvalue weighted by Gasteiger charge is -1.96. The van der Waals surface area contributed by atoms with Gasteiger partial charge < -0.3 is 5.53 Å². The smallest absolute Gasteiger partial charge is 0.357 e. The third kappa shape index (κ3) is 2.85. The van der Waals surface area contributed by atoms with Crippen molar-refractivity contribution in [1.82, 2.24) is 0 Å². The molecule has 1 heterocycles. The van der Waals surface area contributed by atoms with Crippen molar-refractivity contribution in [2.75, 3.05) is 6.26 Å². The highest BCUT2D eigenvalue weighted by atomic mass is 32.2. The number of fused-ring (bicyclic) bond motifs is 3. The summed E-state index contributed by atoms with van der Waals surface area (Å²) in [7, 11) is -7.59. The third-order valence-electron chi connectivity index (χ3n) is 2.89. The Bertz CT molecular complexity index is 1090. The summed E-state index contributed by atoms with van der Waals surface area (Å²) >= 11 is 0. The Morgan fingerprint density at radius 3 is 2.04 bits per heavy atom. The minimum absolute atomic E-state index is 0.00910. The molecule has 6 nitrogen and oxygen atoms in total. The fourth-order valence-corrected chi connectivity index (χ4v) is 3.58. The minimum atomic E-state index is -3.92. The molecule has 1 aliphatic heterocycles. The summed E-state index contributed by atoms with van der Waals surface area (Å²) in [5.74, 6) is -2.35. The zero-order valence-corrected chi connectivity index (χ0v) is 12.9. The van der Waals surface area contributed by atoms with Crippen LogP contribution in [0.25, 0.3) is 16.3 Å². The predicted octanol–water partition coefficient (Wildman–Crippen LogP) is 1.85. The van der Waals surface area contributed by atoms with E-state index in [2.05, 4.69) is 0 Å². The van der Waals surface area contributed by atoms with Gasteiger partial charge in [0.15, 0.2) is 11.6 Å². The van der Waals surface area contributed by atoms with Crippen molar-refractivity contribution in [2.24, 2.45) is 0 Å². The van der Waals surface area contributed by atoms with Gasteiger partial charge in [0.25, 0.3) is 9.84 Å². The van der Waals surface area contributed by atoms with E-state index < -0.39 is 41.5 Å². The Hall–Kier alpha value is -2.23. The summed E-state index contributed by atoms with van der Waals surface area (Å²) in [4.78, 5) is 1.26. The average Bonchev–Trinajstić information content (AvgIpc) is 3.06. The van der Waals surface area contributed by atoms with Gasteiger partial charge in [-0.15, -0.1) is 9.18 Å². The van der Waals surface area contributed by atoms with Crippen LogP contribution in [-0.4, -0.2) is 33.2 Å². The molecule has 11 heteroatoms. The molecule has 0 radical (unpaired) electrons. The normalized spacial score (nSPS) is 14.3. The molecular weight excluding hydrogens is 357 g/mol. The van der Waals surface area contributed by atoms with Crippen LogP contribution < -0.4 is 0 Å². The second kappa shape index (κ2) is 5.44. The maximum absolute atomic E-state index is 13.4. The SMILES string of the molecule is CS(=O)(=O)C(F)=[N+]=[N-].O=S1(=O)c2c(F)c(F)c3ccccc3c21. The van der Waals surface area contributed by atoms with Crippen LogP contribution in [0.5, 0.6) is 0 Å². The van der Waals surface area contributed by atoms with E-state index in [0.29, 0.717) is 6.26 Å². The molecule has 3 rings (SSSR count). The van der Waals surface area contributed by atoms with Crippen molar-refractivity contribution in [3.63, 3.8) is 0 Å². The lowest BCUT2D eigenvalue weighted by molar-refractivity contribution is -0.0140. The highest BCUT2D eigenvalue weighted by Gasteiger charge is 2.47. The van der Waals surface area contributed by atoms with Crippen molar-refractivity contribution in [2.45, 2.75) is 9.79 Å². The van der Waals surface area contributed by atoms with Gasteiger partial charge in [-0.05, 0) is 0 Å². The van der Waals surface area contributed by atoms with Gasteiger partial charge in [0.2, 0.25) is 9.84 Å². The van der Waals surface area contributed by atoms with Crippen LogP contribution in [0.1, 0.15) is 0 Å². The van der Waals surface area contributed by atoms with Crippen LogP contribution in [-0.2, 0) is 19.7 Å². The van der Waals surface area contributed by atoms with Crippen LogP contribution in [0.3, 0.4) is 0 Å². The first-order valence-electron chi connectivity index (χ1n) is 5.76. The first kappa shape index (κ1) is 17.1. The Morgan fingerprint density at radius 2 is 1.61 bits per heavy atom. The topological polar surface area (TPSA) is 105 Å². The van der Waals surface area contributed by atoms with E-state index in [0.717, 1.165) is 0 Å². The van der Waals surface area contributed by atoms with Gasteiger partial charge in [0, 0.05) is 10.8 Å². The first-order chi connectivity index (χ1) is 10.5. The molecule has 23 heavy (non-hydrogen) atoms. The largest absolute Gasteiger partial charge is 0.561 e.